The Morgan fingerprint density at radius 1 is 1.00 bits per heavy atom. The third-order valence-electron chi connectivity index (χ3n) is 2.64. The van der Waals surface area contributed by atoms with Gasteiger partial charge < -0.3 is 10.6 Å². The molecule has 0 bridgehead atoms. The van der Waals surface area contributed by atoms with E-state index in [1.165, 1.54) is 6.20 Å². The first-order valence-electron chi connectivity index (χ1n) is 6.10. The second-order valence-corrected chi connectivity index (χ2v) is 4.64. The summed E-state index contributed by atoms with van der Waals surface area (Å²) in [5.41, 5.74) is 0.319. The van der Waals surface area contributed by atoms with Gasteiger partial charge in [0.1, 0.15) is 0 Å². The van der Waals surface area contributed by atoms with Crippen LogP contribution in [0, 0.1) is 17.5 Å². The Morgan fingerprint density at radius 3 is 2.36 bits per heavy atom. The molecule has 2 amide bonds. The molecule has 0 radical (unpaired) electrons. The minimum atomic E-state index is -1.64. The molecule has 0 aliphatic rings. The van der Waals surface area contributed by atoms with Gasteiger partial charge in [0.2, 0.25) is 0 Å². The number of benzene rings is 2. The molecule has 3 nitrogen and oxygen atoms in total. The molecule has 22 heavy (non-hydrogen) atoms. The molecule has 0 spiro atoms. The van der Waals surface area contributed by atoms with Gasteiger partial charge >= 0.3 is 6.03 Å². The van der Waals surface area contributed by atoms with Crippen LogP contribution in [0.2, 0.25) is 5.02 Å². The van der Waals surface area contributed by atoms with Crippen molar-refractivity contribution in [2.24, 2.45) is 0 Å². The van der Waals surface area contributed by atoms with Gasteiger partial charge in [-0.2, -0.15) is 0 Å². The predicted octanol–water partition coefficient (Wildman–Crippen LogP) is 4.55. The van der Waals surface area contributed by atoms with Crippen LogP contribution >= 0.6 is 11.6 Å². The van der Waals surface area contributed by atoms with Gasteiger partial charge in [0, 0.05) is 11.2 Å². The summed E-state index contributed by atoms with van der Waals surface area (Å²) in [6, 6.07) is 7.67. The van der Waals surface area contributed by atoms with Crippen molar-refractivity contribution in [3.63, 3.8) is 0 Å². The third-order valence-corrected chi connectivity index (χ3v) is 2.90. The number of carbonyl (C=O) groups excluding carboxylic acids is 1. The van der Waals surface area contributed by atoms with Crippen LogP contribution in [0.15, 0.2) is 42.6 Å². The quantitative estimate of drug-likeness (QED) is 0.798. The van der Waals surface area contributed by atoms with Gasteiger partial charge in [-0.05, 0) is 35.9 Å². The van der Waals surface area contributed by atoms with Crippen LogP contribution in [0.1, 0.15) is 5.56 Å². The normalized spacial score (nSPS) is 10.7. The molecule has 2 aromatic carbocycles. The highest BCUT2D eigenvalue weighted by Crippen LogP contribution is 2.19. The number of amides is 2. The molecular formula is C15H10ClF3N2O. The molecule has 0 unspecified atom stereocenters. The van der Waals surface area contributed by atoms with Crippen molar-refractivity contribution in [1.29, 1.82) is 0 Å². The molecule has 0 aliphatic carbocycles. The van der Waals surface area contributed by atoms with E-state index in [2.05, 4.69) is 10.6 Å². The van der Waals surface area contributed by atoms with Crippen molar-refractivity contribution in [3.05, 3.63) is 70.6 Å². The van der Waals surface area contributed by atoms with Gasteiger partial charge in [-0.15, -0.1) is 0 Å². The van der Waals surface area contributed by atoms with Gasteiger partial charge in [0.25, 0.3) is 0 Å². The van der Waals surface area contributed by atoms with Crippen molar-refractivity contribution < 1.29 is 18.0 Å². The number of hydrogen-bond acceptors (Lipinski definition) is 1. The van der Waals surface area contributed by atoms with Gasteiger partial charge in [-0.25, -0.2) is 18.0 Å². The highest BCUT2D eigenvalue weighted by molar-refractivity contribution is 6.30. The maximum Gasteiger partial charge on any atom is 0.323 e. The molecule has 0 saturated carbocycles. The highest BCUT2D eigenvalue weighted by Gasteiger charge is 2.14. The standard InChI is InChI=1S/C15H10ClF3N2O/c16-10-3-1-9(2-4-10)7-8-20-15(22)21-12-6-5-11(17)13(18)14(12)19/h1-8H,(H2,20,21,22)/b8-7+. The van der Waals surface area contributed by atoms with Crippen LogP contribution in [-0.4, -0.2) is 6.03 Å². The first kappa shape index (κ1) is 15.9. The first-order chi connectivity index (χ1) is 10.5. The van der Waals surface area contributed by atoms with E-state index in [1.807, 2.05) is 0 Å². The maximum absolute atomic E-state index is 13.4. The summed E-state index contributed by atoms with van der Waals surface area (Å²) < 4.78 is 39.1. The Hall–Kier alpha value is -2.47. The number of nitrogens with one attached hydrogen (secondary N) is 2. The zero-order chi connectivity index (χ0) is 16.1. The van der Waals surface area contributed by atoms with Gasteiger partial charge in [-0.1, -0.05) is 23.7 Å². The van der Waals surface area contributed by atoms with Gasteiger partial charge in [-0.3, -0.25) is 0 Å². The van der Waals surface area contributed by atoms with E-state index < -0.39 is 29.2 Å². The van der Waals surface area contributed by atoms with E-state index in [9.17, 15) is 18.0 Å². The Kier molecular flexibility index (Phi) is 5.06. The molecule has 2 rings (SSSR count). The van der Waals surface area contributed by atoms with Crippen LogP contribution in [0.5, 0.6) is 0 Å². The smallest absolute Gasteiger partial charge is 0.314 e. The molecular weight excluding hydrogens is 317 g/mol. The monoisotopic (exact) mass is 326 g/mol. The zero-order valence-corrected chi connectivity index (χ0v) is 11.8. The summed E-state index contributed by atoms with van der Waals surface area (Å²) in [5, 5.41) is 4.96. The van der Waals surface area contributed by atoms with Crippen LogP contribution < -0.4 is 10.6 Å². The first-order valence-corrected chi connectivity index (χ1v) is 6.48. The van der Waals surface area contributed by atoms with Crippen LogP contribution in [-0.2, 0) is 0 Å². The Balaban J connectivity index is 1.96. The summed E-state index contributed by atoms with van der Waals surface area (Å²) in [5.74, 6) is -4.43. The Bertz CT molecular complexity index is 717. The molecule has 0 heterocycles. The minimum absolute atomic E-state index is 0.462. The van der Waals surface area contributed by atoms with Crippen molar-refractivity contribution in [2.45, 2.75) is 0 Å². The number of carbonyl (C=O) groups is 1. The van der Waals surface area contributed by atoms with Crippen molar-refractivity contribution >= 4 is 29.4 Å². The van der Waals surface area contributed by atoms with E-state index in [-0.39, 0.29) is 0 Å². The zero-order valence-electron chi connectivity index (χ0n) is 11.0. The third kappa shape index (κ3) is 4.02. The van der Waals surface area contributed by atoms with Gasteiger partial charge in [0.15, 0.2) is 17.5 Å². The molecule has 7 heteroatoms. The summed E-state index contributed by atoms with van der Waals surface area (Å²) >= 11 is 5.73. The summed E-state index contributed by atoms with van der Waals surface area (Å²) in [6.07, 6.45) is 2.90. The van der Waals surface area contributed by atoms with Crippen molar-refractivity contribution in [3.8, 4) is 0 Å². The summed E-state index contributed by atoms with van der Waals surface area (Å²) in [4.78, 5) is 11.5. The van der Waals surface area contributed by atoms with E-state index in [0.717, 1.165) is 17.7 Å². The second-order valence-electron chi connectivity index (χ2n) is 4.21. The van der Waals surface area contributed by atoms with Crippen LogP contribution in [0.4, 0.5) is 23.7 Å². The largest absolute Gasteiger partial charge is 0.323 e. The molecule has 0 atom stereocenters. The topological polar surface area (TPSA) is 41.1 Å². The fourth-order valence-corrected chi connectivity index (χ4v) is 1.69. The average Bonchev–Trinajstić information content (AvgIpc) is 2.50. The highest BCUT2D eigenvalue weighted by atomic mass is 35.5. The van der Waals surface area contributed by atoms with E-state index in [0.29, 0.717) is 5.02 Å². The minimum Gasteiger partial charge on any atom is -0.314 e. The average molecular weight is 327 g/mol. The molecule has 0 fully saturated rings. The SMILES string of the molecule is O=C(N/C=C/c1ccc(Cl)cc1)Nc1ccc(F)c(F)c1F. The maximum atomic E-state index is 13.4. The fourth-order valence-electron chi connectivity index (χ4n) is 1.57. The summed E-state index contributed by atoms with van der Waals surface area (Å²) in [7, 11) is 0. The Labute approximate surface area is 129 Å². The second kappa shape index (κ2) is 7.00. The van der Waals surface area contributed by atoms with Crippen LogP contribution in [0.25, 0.3) is 6.08 Å². The number of anilines is 1. The number of urea groups is 1. The number of halogens is 4. The van der Waals surface area contributed by atoms with E-state index in [4.69, 9.17) is 11.6 Å². The van der Waals surface area contributed by atoms with Crippen molar-refractivity contribution in [1.82, 2.24) is 5.32 Å². The molecule has 0 aromatic heterocycles. The lowest BCUT2D eigenvalue weighted by Gasteiger charge is -2.06. The molecule has 0 aliphatic heterocycles. The van der Waals surface area contributed by atoms with Gasteiger partial charge in [0.05, 0.1) is 5.69 Å². The fraction of sp³-hybridized carbons (Fsp3) is 0. The molecule has 2 aromatic rings. The van der Waals surface area contributed by atoms with Crippen molar-refractivity contribution in [2.75, 3.05) is 5.32 Å². The molecule has 0 saturated heterocycles. The lowest BCUT2D eigenvalue weighted by molar-refractivity contribution is 0.255. The lowest BCUT2D eigenvalue weighted by atomic mass is 10.2. The molecule has 2 N–H and O–H groups in total. The number of hydrogen-bond donors (Lipinski definition) is 2. The predicted molar refractivity (Wildman–Crippen MR) is 79.0 cm³/mol. The molecule has 114 valence electrons. The summed E-state index contributed by atoms with van der Waals surface area (Å²) in [6.45, 7) is 0. The van der Waals surface area contributed by atoms with Crippen LogP contribution in [0.3, 0.4) is 0 Å². The lowest BCUT2D eigenvalue weighted by Crippen LogP contribution is -2.24. The van der Waals surface area contributed by atoms with E-state index in [1.54, 1.807) is 30.3 Å². The number of rotatable bonds is 3. The van der Waals surface area contributed by atoms with E-state index >= 15 is 0 Å². The Morgan fingerprint density at radius 2 is 1.68 bits per heavy atom.